The zero-order valence-corrected chi connectivity index (χ0v) is 11.1. The normalized spacial score (nSPS) is 10.6. The molecule has 0 fully saturated rings. The maximum atomic E-state index is 5.96. The Morgan fingerprint density at radius 3 is 2.65 bits per heavy atom. The van der Waals surface area contributed by atoms with Crippen LogP contribution in [0.1, 0.15) is 11.5 Å². The van der Waals surface area contributed by atoms with Crippen LogP contribution in [0.4, 0.5) is 5.82 Å². The number of pyridine rings is 1. The van der Waals surface area contributed by atoms with Crippen LogP contribution in [0.25, 0.3) is 0 Å². The minimum Gasteiger partial charge on any atom is -0.361 e. The van der Waals surface area contributed by atoms with Crippen LogP contribution in [0, 0.1) is 6.92 Å². The highest BCUT2D eigenvalue weighted by Gasteiger charge is 2.08. The molecule has 17 heavy (non-hydrogen) atoms. The van der Waals surface area contributed by atoms with Crippen molar-refractivity contribution < 1.29 is 4.52 Å². The van der Waals surface area contributed by atoms with Gasteiger partial charge in [0.05, 0.1) is 22.3 Å². The quantitative estimate of drug-likeness (QED) is 0.870. The number of nitrogens with zero attached hydrogens (tertiary/aromatic N) is 2. The van der Waals surface area contributed by atoms with Crippen LogP contribution in [0.2, 0.25) is 15.2 Å². The van der Waals surface area contributed by atoms with Gasteiger partial charge in [0.25, 0.3) is 0 Å². The molecule has 0 bridgehead atoms. The number of halogens is 3. The van der Waals surface area contributed by atoms with Crippen LogP contribution in [0.15, 0.2) is 16.7 Å². The summed E-state index contributed by atoms with van der Waals surface area (Å²) in [5, 5.41) is 7.68. The van der Waals surface area contributed by atoms with E-state index in [0.717, 1.165) is 5.69 Å². The summed E-state index contributed by atoms with van der Waals surface area (Å²) >= 11 is 17.5. The van der Waals surface area contributed by atoms with Crippen LogP contribution in [0.3, 0.4) is 0 Å². The molecule has 1 N–H and O–H groups in total. The number of hydrogen-bond donors (Lipinski definition) is 1. The number of rotatable bonds is 3. The fourth-order valence-electron chi connectivity index (χ4n) is 1.24. The fraction of sp³-hybridized carbons (Fsp3) is 0.200. The number of hydrogen-bond acceptors (Lipinski definition) is 4. The molecular formula is C10H8Cl3N3O. The molecule has 2 aromatic rings. The van der Waals surface area contributed by atoms with Crippen molar-refractivity contribution in [2.75, 3.05) is 5.32 Å². The molecule has 2 heterocycles. The molecule has 0 radical (unpaired) electrons. The van der Waals surface area contributed by atoms with Crippen LogP contribution in [0.5, 0.6) is 0 Å². The van der Waals surface area contributed by atoms with E-state index in [1.165, 1.54) is 6.07 Å². The highest BCUT2D eigenvalue weighted by molar-refractivity contribution is 6.42. The minimum absolute atomic E-state index is 0.201. The Labute approximate surface area is 113 Å². The van der Waals surface area contributed by atoms with E-state index in [-0.39, 0.29) is 5.15 Å². The van der Waals surface area contributed by atoms with Gasteiger partial charge in [-0.05, 0) is 13.0 Å². The van der Waals surface area contributed by atoms with Gasteiger partial charge < -0.3 is 9.84 Å². The van der Waals surface area contributed by atoms with Gasteiger partial charge in [-0.15, -0.1) is 0 Å². The van der Waals surface area contributed by atoms with E-state index in [1.54, 1.807) is 0 Å². The van der Waals surface area contributed by atoms with Crippen molar-refractivity contribution in [3.8, 4) is 0 Å². The minimum atomic E-state index is 0.201. The van der Waals surface area contributed by atoms with Gasteiger partial charge in [0.1, 0.15) is 11.0 Å². The van der Waals surface area contributed by atoms with Crippen molar-refractivity contribution in [3.05, 3.63) is 38.8 Å². The fourth-order valence-corrected chi connectivity index (χ4v) is 1.80. The first-order valence-corrected chi connectivity index (χ1v) is 5.87. The lowest BCUT2D eigenvalue weighted by Crippen LogP contribution is -2.01. The van der Waals surface area contributed by atoms with Crippen molar-refractivity contribution in [1.29, 1.82) is 0 Å². The van der Waals surface area contributed by atoms with Crippen molar-refractivity contribution in [3.63, 3.8) is 0 Å². The third kappa shape index (κ3) is 3.03. The molecule has 2 rings (SSSR count). The Kier molecular flexibility index (Phi) is 3.76. The predicted molar refractivity (Wildman–Crippen MR) is 67.8 cm³/mol. The standard InChI is InChI=1S/C10H8Cl3N3O/c1-5-2-6(17-16-5)4-14-10-8(12)3-7(11)9(13)15-10/h2-3H,4H2,1H3,(H,14,15). The first-order valence-electron chi connectivity index (χ1n) is 4.74. The summed E-state index contributed by atoms with van der Waals surface area (Å²) in [5.41, 5.74) is 0.815. The summed E-state index contributed by atoms with van der Waals surface area (Å²) < 4.78 is 5.04. The highest BCUT2D eigenvalue weighted by Crippen LogP contribution is 2.29. The van der Waals surface area contributed by atoms with E-state index < -0.39 is 0 Å². The molecule has 0 saturated heterocycles. The Morgan fingerprint density at radius 1 is 1.24 bits per heavy atom. The summed E-state index contributed by atoms with van der Waals surface area (Å²) in [5.74, 6) is 1.14. The number of nitrogens with one attached hydrogen (secondary N) is 1. The van der Waals surface area contributed by atoms with Crippen molar-refractivity contribution in [2.45, 2.75) is 13.5 Å². The van der Waals surface area contributed by atoms with Gasteiger partial charge in [-0.1, -0.05) is 40.0 Å². The van der Waals surface area contributed by atoms with E-state index in [0.29, 0.717) is 28.2 Å². The molecule has 90 valence electrons. The van der Waals surface area contributed by atoms with Gasteiger partial charge >= 0.3 is 0 Å². The third-order valence-corrected chi connectivity index (χ3v) is 2.95. The SMILES string of the molecule is Cc1cc(CNc2nc(Cl)c(Cl)cc2Cl)on1. The molecule has 7 heteroatoms. The third-order valence-electron chi connectivity index (χ3n) is 1.99. The molecular weight excluding hydrogens is 284 g/mol. The molecule has 0 amide bonds. The number of aryl methyl sites for hydroxylation is 1. The van der Waals surface area contributed by atoms with Gasteiger partial charge in [0.15, 0.2) is 5.76 Å². The largest absolute Gasteiger partial charge is 0.361 e. The van der Waals surface area contributed by atoms with Crippen LogP contribution < -0.4 is 5.32 Å². The van der Waals surface area contributed by atoms with Crippen molar-refractivity contribution in [2.24, 2.45) is 0 Å². The molecule has 4 nitrogen and oxygen atoms in total. The van der Waals surface area contributed by atoms with Gasteiger partial charge in [-0.25, -0.2) is 4.98 Å². The summed E-state index contributed by atoms with van der Waals surface area (Å²) in [6.07, 6.45) is 0. The molecule has 0 spiro atoms. The summed E-state index contributed by atoms with van der Waals surface area (Å²) in [6.45, 7) is 2.27. The summed E-state index contributed by atoms with van der Waals surface area (Å²) in [6, 6.07) is 3.35. The topological polar surface area (TPSA) is 51.0 Å². The lowest BCUT2D eigenvalue weighted by Gasteiger charge is -2.06. The zero-order chi connectivity index (χ0) is 12.4. The average molecular weight is 293 g/mol. The van der Waals surface area contributed by atoms with E-state index in [2.05, 4.69) is 15.5 Å². The molecule has 0 unspecified atom stereocenters. The Balaban J connectivity index is 2.11. The monoisotopic (exact) mass is 291 g/mol. The summed E-state index contributed by atoms with van der Waals surface area (Å²) in [7, 11) is 0. The first kappa shape index (κ1) is 12.5. The zero-order valence-electron chi connectivity index (χ0n) is 8.80. The second-order valence-electron chi connectivity index (χ2n) is 3.38. The Bertz CT molecular complexity index is 542. The second kappa shape index (κ2) is 5.12. The molecule has 0 aliphatic heterocycles. The van der Waals surface area contributed by atoms with Gasteiger partial charge in [-0.2, -0.15) is 0 Å². The molecule has 0 atom stereocenters. The first-order chi connectivity index (χ1) is 8.06. The Hall–Kier alpha value is -0.970. The van der Waals surface area contributed by atoms with E-state index in [9.17, 15) is 0 Å². The van der Waals surface area contributed by atoms with E-state index in [1.807, 2.05) is 13.0 Å². The van der Waals surface area contributed by atoms with Gasteiger partial charge in [-0.3, -0.25) is 0 Å². The van der Waals surface area contributed by atoms with Crippen molar-refractivity contribution in [1.82, 2.24) is 10.1 Å². The van der Waals surface area contributed by atoms with E-state index in [4.69, 9.17) is 39.3 Å². The van der Waals surface area contributed by atoms with Crippen LogP contribution in [-0.4, -0.2) is 10.1 Å². The molecule has 0 saturated carbocycles. The van der Waals surface area contributed by atoms with Crippen LogP contribution in [-0.2, 0) is 6.54 Å². The van der Waals surface area contributed by atoms with Gasteiger partial charge in [0.2, 0.25) is 0 Å². The number of anilines is 1. The smallest absolute Gasteiger partial charge is 0.156 e. The van der Waals surface area contributed by atoms with Crippen LogP contribution >= 0.6 is 34.8 Å². The maximum absolute atomic E-state index is 5.96. The molecule has 0 aliphatic rings. The van der Waals surface area contributed by atoms with Gasteiger partial charge in [0, 0.05) is 6.07 Å². The molecule has 0 aromatic carbocycles. The van der Waals surface area contributed by atoms with E-state index >= 15 is 0 Å². The van der Waals surface area contributed by atoms with Crippen molar-refractivity contribution >= 4 is 40.6 Å². The molecule has 2 aromatic heterocycles. The highest BCUT2D eigenvalue weighted by atomic mass is 35.5. The molecule has 0 aliphatic carbocycles. The summed E-state index contributed by atoms with van der Waals surface area (Å²) in [4.78, 5) is 4.02. The number of aromatic nitrogens is 2. The average Bonchev–Trinajstić information content (AvgIpc) is 2.68. The predicted octanol–water partition coefficient (Wildman–Crippen LogP) is 3.95. The second-order valence-corrected chi connectivity index (χ2v) is 4.55. The lowest BCUT2D eigenvalue weighted by molar-refractivity contribution is 0.384. The maximum Gasteiger partial charge on any atom is 0.156 e. The lowest BCUT2D eigenvalue weighted by atomic mass is 10.4. The Morgan fingerprint density at radius 2 is 2.00 bits per heavy atom.